The smallest absolute Gasteiger partial charge is 0.256 e. The van der Waals surface area contributed by atoms with Crippen molar-refractivity contribution in [2.45, 2.75) is 32.4 Å². The summed E-state index contributed by atoms with van der Waals surface area (Å²) in [5.41, 5.74) is 0.326. The third-order valence-electron chi connectivity index (χ3n) is 4.08. The Hall–Kier alpha value is -1.63. The number of hydrogen-bond acceptors (Lipinski definition) is 4. The molecule has 2 heterocycles. The summed E-state index contributed by atoms with van der Waals surface area (Å²) in [6.07, 6.45) is 3.17. The molecule has 5 nitrogen and oxygen atoms in total. The van der Waals surface area contributed by atoms with E-state index in [1.54, 1.807) is 40.6 Å². The van der Waals surface area contributed by atoms with Gasteiger partial charge in [0.15, 0.2) is 0 Å². The third kappa shape index (κ3) is 4.14. The molecule has 0 spiro atoms. The fourth-order valence-electron chi connectivity index (χ4n) is 2.88. The van der Waals surface area contributed by atoms with Crippen LogP contribution in [0.4, 0.5) is 0 Å². The van der Waals surface area contributed by atoms with Crippen LogP contribution in [0.15, 0.2) is 24.4 Å². The Morgan fingerprint density at radius 3 is 2.92 bits per heavy atom. The Kier molecular flexibility index (Phi) is 5.61. The lowest BCUT2D eigenvalue weighted by atomic mass is 10.1. The van der Waals surface area contributed by atoms with E-state index in [1.807, 2.05) is 6.92 Å². The molecule has 0 radical (unpaired) electrons. The van der Waals surface area contributed by atoms with Crippen molar-refractivity contribution >= 4 is 46.4 Å². The van der Waals surface area contributed by atoms with Crippen LogP contribution in [-0.2, 0) is 11.3 Å². The van der Waals surface area contributed by atoms with Crippen LogP contribution in [0.1, 0.15) is 33.1 Å². The summed E-state index contributed by atoms with van der Waals surface area (Å²) in [5.74, 6) is -0.422. The largest absolute Gasteiger partial charge is 0.349 e. The number of rotatable bonds is 4. The molecule has 1 atom stereocenters. The van der Waals surface area contributed by atoms with Crippen LogP contribution < -0.4 is 5.32 Å². The molecule has 1 aromatic heterocycles. The van der Waals surface area contributed by atoms with E-state index < -0.39 is 6.04 Å². The third-order valence-corrected chi connectivity index (χ3v) is 5.56. The molecule has 0 bridgehead atoms. The van der Waals surface area contributed by atoms with Gasteiger partial charge in [0.1, 0.15) is 6.04 Å². The van der Waals surface area contributed by atoms with Crippen LogP contribution >= 0.6 is 34.5 Å². The molecule has 3 rings (SSSR count). The number of aromatic nitrogens is 1. The number of benzene rings is 1. The minimum Gasteiger partial charge on any atom is -0.349 e. The predicted molar refractivity (Wildman–Crippen MR) is 99.2 cm³/mol. The number of carbonyl (C=O) groups excluding carboxylic acids is 2. The number of aryl methyl sites for hydroxylation is 1. The van der Waals surface area contributed by atoms with E-state index in [0.717, 1.165) is 16.3 Å². The van der Waals surface area contributed by atoms with Gasteiger partial charge in [-0.3, -0.25) is 9.59 Å². The highest BCUT2D eigenvalue weighted by Gasteiger charge is 2.35. The van der Waals surface area contributed by atoms with Crippen molar-refractivity contribution in [1.29, 1.82) is 0 Å². The van der Waals surface area contributed by atoms with Crippen LogP contribution in [0.3, 0.4) is 0 Å². The molecule has 1 aromatic carbocycles. The first kappa shape index (κ1) is 18.2. The van der Waals surface area contributed by atoms with Gasteiger partial charge in [-0.2, -0.15) is 0 Å². The minimum atomic E-state index is -0.489. The number of nitrogens with zero attached hydrogens (tertiary/aromatic N) is 2. The minimum absolute atomic E-state index is 0.157. The molecular formula is C17H17Cl2N3O2S. The summed E-state index contributed by atoms with van der Waals surface area (Å²) in [4.78, 5) is 32.1. The average Bonchev–Trinajstić information content (AvgIpc) is 3.23. The van der Waals surface area contributed by atoms with Gasteiger partial charge in [-0.05, 0) is 38.0 Å². The molecule has 1 fully saturated rings. The molecule has 1 aliphatic rings. The van der Waals surface area contributed by atoms with Gasteiger partial charge in [0.05, 0.1) is 22.1 Å². The second-order valence-corrected chi connectivity index (χ2v) is 8.01. The zero-order valence-corrected chi connectivity index (χ0v) is 15.9. The first-order valence-corrected chi connectivity index (χ1v) is 9.48. The van der Waals surface area contributed by atoms with Crippen molar-refractivity contribution in [2.24, 2.45) is 0 Å². The van der Waals surface area contributed by atoms with Crippen molar-refractivity contribution in [1.82, 2.24) is 15.2 Å². The van der Waals surface area contributed by atoms with Crippen LogP contribution in [0.2, 0.25) is 10.0 Å². The molecule has 1 N–H and O–H groups in total. The van der Waals surface area contributed by atoms with E-state index >= 15 is 0 Å². The molecule has 2 amide bonds. The van der Waals surface area contributed by atoms with Crippen molar-refractivity contribution < 1.29 is 9.59 Å². The summed E-state index contributed by atoms with van der Waals surface area (Å²) in [6, 6.07) is 4.27. The lowest BCUT2D eigenvalue weighted by Crippen LogP contribution is -2.45. The Morgan fingerprint density at radius 2 is 2.20 bits per heavy atom. The van der Waals surface area contributed by atoms with Crippen LogP contribution in [-0.4, -0.2) is 34.3 Å². The Morgan fingerprint density at radius 1 is 1.40 bits per heavy atom. The number of thiazole rings is 1. The molecule has 1 unspecified atom stereocenters. The zero-order chi connectivity index (χ0) is 18.0. The van der Waals surface area contributed by atoms with E-state index in [2.05, 4.69) is 10.3 Å². The Balaban J connectivity index is 1.70. The van der Waals surface area contributed by atoms with E-state index in [-0.39, 0.29) is 11.8 Å². The second kappa shape index (κ2) is 7.72. The number of hydrogen-bond donors (Lipinski definition) is 1. The first-order chi connectivity index (χ1) is 12.0. The fourth-order valence-corrected chi connectivity index (χ4v) is 3.98. The molecule has 8 heteroatoms. The van der Waals surface area contributed by atoms with Gasteiger partial charge in [-0.1, -0.05) is 23.2 Å². The maximum absolute atomic E-state index is 12.8. The van der Waals surface area contributed by atoms with E-state index in [4.69, 9.17) is 23.2 Å². The van der Waals surface area contributed by atoms with Crippen molar-refractivity contribution in [3.05, 3.63) is 49.9 Å². The lowest BCUT2D eigenvalue weighted by molar-refractivity contribution is -0.125. The topological polar surface area (TPSA) is 62.3 Å². The lowest BCUT2D eigenvalue weighted by Gasteiger charge is -2.24. The number of nitrogens with one attached hydrogen (secondary N) is 1. The Labute approximate surface area is 160 Å². The molecule has 2 aromatic rings. The summed E-state index contributed by atoms with van der Waals surface area (Å²) in [7, 11) is 0. The molecule has 132 valence electrons. The van der Waals surface area contributed by atoms with Gasteiger partial charge in [-0.25, -0.2) is 4.98 Å². The number of likely N-dealkylation sites (tertiary alicyclic amines) is 1. The number of halogens is 2. The first-order valence-electron chi connectivity index (χ1n) is 7.91. The predicted octanol–water partition coefficient (Wildman–Crippen LogP) is 3.68. The summed E-state index contributed by atoms with van der Waals surface area (Å²) < 4.78 is 0. The van der Waals surface area contributed by atoms with Gasteiger partial charge in [-0.15, -0.1) is 11.3 Å². The maximum Gasteiger partial charge on any atom is 0.256 e. The SMILES string of the molecule is Cc1ncc(CNC(=O)C2CCCN2C(=O)c2cc(Cl)ccc2Cl)s1. The van der Waals surface area contributed by atoms with Gasteiger partial charge in [0, 0.05) is 22.6 Å². The molecular weight excluding hydrogens is 381 g/mol. The highest BCUT2D eigenvalue weighted by molar-refractivity contribution is 7.11. The summed E-state index contributed by atoms with van der Waals surface area (Å²) >= 11 is 13.6. The van der Waals surface area contributed by atoms with E-state index in [1.165, 1.54) is 0 Å². The quantitative estimate of drug-likeness (QED) is 0.855. The monoisotopic (exact) mass is 397 g/mol. The van der Waals surface area contributed by atoms with E-state index in [0.29, 0.717) is 35.1 Å². The van der Waals surface area contributed by atoms with Crippen LogP contribution in [0, 0.1) is 6.92 Å². The zero-order valence-electron chi connectivity index (χ0n) is 13.6. The normalized spacial score (nSPS) is 16.9. The van der Waals surface area contributed by atoms with Gasteiger partial charge < -0.3 is 10.2 Å². The van der Waals surface area contributed by atoms with E-state index in [9.17, 15) is 9.59 Å². The molecule has 25 heavy (non-hydrogen) atoms. The highest BCUT2D eigenvalue weighted by atomic mass is 35.5. The van der Waals surface area contributed by atoms with Crippen LogP contribution in [0.5, 0.6) is 0 Å². The van der Waals surface area contributed by atoms with Gasteiger partial charge >= 0.3 is 0 Å². The summed E-state index contributed by atoms with van der Waals surface area (Å²) in [6.45, 7) is 2.86. The van der Waals surface area contributed by atoms with Gasteiger partial charge in [0.2, 0.25) is 5.91 Å². The van der Waals surface area contributed by atoms with Crippen molar-refractivity contribution in [3.8, 4) is 0 Å². The van der Waals surface area contributed by atoms with Crippen molar-refractivity contribution in [2.75, 3.05) is 6.54 Å². The fraction of sp³-hybridized carbons (Fsp3) is 0.353. The van der Waals surface area contributed by atoms with Crippen molar-refractivity contribution in [3.63, 3.8) is 0 Å². The number of amides is 2. The van der Waals surface area contributed by atoms with Crippen LogP contribution in [0.25, 0.3) is 0 Å². The molecule has 1 aliphatic heterocycles. The maximum atomic E-state index is 12.8. The Bertz CT molecular complexity index is 809. The molecule has 0 aliphatic carbocycles. The van der Waals surface area contributed by atoms with Gasteiger partial charge in [0.25, 0.3) is 5.91 Å². The summed E-state index contributed by atoms with van der Waals surface area (Å²) in [5, 5.41) is 4.62. The number of carbonyl (C=O) groups is 2. The standard InChI is InChI=1S/C17H17Cl2N3O2S/c1-10-20-8-12(25-10)9-21-16(23)15-3-2-6-22(15)17(24)13-7-11(18)4-5-14(13)19/h4-5,7-8,15H,2-3,6,9H2,1H3,(H,21,23). The highest BCUT2D eigenvalue weighted by Crippen LogP contribution is 2.26. The average molecular weight is 398 g/mol. The molecule has 0 saturated carbocycles. The molecule has 1 saturated heterocycles. The second-order valence-electron chi connectivity index (χ2n) is 5.84.